The van der Waals surface area contributed by atoms with Crippen LogP contribution in [0.2, 0.25) is 0 Å². The van der Waals surface area contributed by atoms with E-state index in [1.54, 1.807) is 6.20 Å². The van der Waals surface area contributed by atoms with E-state index >= 15 is 0 Å². The summed E-state index contributed by atoms with van der Waals surface area (Å²) < 4.78 is 18.0. The molecule has 0 amide bonds. The Balaban J connectivity index is 2.17. The molecule has 3 nitrogen and oxygen atoms in total. The van der Waals surface area contributed by atoms with Crippen molar-refractivity contribution in [1.82, 2.24) is 4.98 Å². The van der Waals surface area contributed by atoms with Crippen LogP contribution in [0.1, 0.15) is 11.3 Å². The Morgan fingerprint density at radius 3 is 3.00 bits per heavy atom. The first-order chi connectivity index (χ1) is 8.24. The lowest BCUT2D eigenvalue weighted by Gasteiger charge is -2.07. The van der Waals surface area contributed by atoms with E-state index < -0.39 is 10.8 Å². The Hall–Kier alpha value is -1.68. The van der Waals surface area contributed by atoms with Crippen LogP contribution in [-0.2, 0) is 16.6 Å². The van der Waals surface area contributed by atoms with Crippen LogP contribution >= 0.6 is 0 Å². The van der Waals surface area contributed by atoms with E-state index in [2.05, 4.69) is 4.98 Å². The molecule has 1 aliphatic rings. The molecule has 2 heterocycles. The molecule has 0 N–H and O–H groups in total. The zero-order valence-corrected chi connectivity index (χ0v) is 10.2. The highest BCUT2D eigenvalue weighted by atomic mass is 32.2. The van der Waals surface area contributed by atoms with Crippen LogP contribution in [0.3, 0.4) is 0 Å². The number of rotatable bonds is 0. The molecule has 0 saturated heterocycles. The molecule has 17 heavy (non-hydrogen) atoms. The Bertz CT molecular complexity index is 610. The summed E-state index contributed by atoms with van der Waals surface area (Å²) in [6.07, 6.45) is 1.64. The Morgan fingerprint density at radius 1 is 1.29 bits per heavy atom. The standard InChI is InChI=1S/C13H11NO2S/c1-9-6-13-12(7-14-9)16-11-5-3-2-4-10(11)8-17(13)15/h2-7H,8H2,1H3. The lowest BCUT2D eigenvalue weighted by atomic mass is 10.2. The number of benzene rings is 1. The number of hydrogen-bond acceptors (Lipinski definition) is 3. The molecule has 0 spiro atoms. The number of nitrogens with zero attached hydrogens (tertiary/aromatic N) is 1. The Morgan fingerprint density at radius 2 is 2.12 bits per heavy atom. The molecule has 1 aliphatic heterocycles. The third-order valence-electron chi connectivity index (χ3n) is 2.69. The number of para-hydroxylation sites is 1. The van der Waals surface area contributed by atoms with Crippen LogP contribution in [-0.4, -0.2) is 9.19 Å². The summed E-state index contributed by atoms with van der Waals surface area (Å²) >= 11 is 0. The molecule has 1 aromatic carbocycles. The number of aromatic nitrogens is 1. The van der Waals surface area contributed by atoms with Gasteiger partial charge in [-0.25, -0.2) is 0 Å². The van der Waals surface area contributed by atoms with Gasteiger partial charge in [-0.1, -0.05) is 18.2 Å². The molecular weight excluding hydrogens is 234 g/mol. The second kappa shape index (κ2) is 3.96. The van der Waals surface area contributed by atoms with E-state index in [0.29, 0.717) is 11.5 Å². The number of ether oxygens (including phenoxy) is 1. The zero-order valence-electron chi connectivity index (χ0n) is 9.34. The number of aryl methyl sites for hydroxylation is 1. The quantitative estimate of drug-likeness (QED) is 0.716. The fourth-order valence-electron chi connectivity index (χ4n) is 1.84. The minimum Gasteiger partial charge on any atom is -0.454 e. The predicted molar refractivity (Wildman–Crippen MR) is 65.6 cm³/mol. The van der Waals surface area contributed by atoms with Gasteiger partial charge in [-0.15, -0.1) is 0 Å². The van der Waals surface area contributed by atoms with Crippen molar-refractivity contribution in [3.63, 3.8) is 0 Å². The number of fused-ring (bicyclic) bond motifs is 2. The molecule has 0 aliphatic carbocycles. The monoisotopic (exact) mass is 245 g/mol. The first kappa shape index (κ1) is 10.5. The van der Waals surface area contributed by atoms with E-state index in [-0.39, 0.29) is 0 Å². The Kier molecular flexibility index (Phi) is 2.44. The summed E-state index contributed by atoms with van der Waals surface area (Å²) in [6.45, 7) is 1.88. The van der Waals surface area contributed by atoms with E-state index in [4.69, 9.17) is 4.74 Å². The van der Waals surface area contributed by atoms with Crippen molar-refractivity contribution in [2.24, 2.45) is 0 Å². The van der Waals surface area contributed by atoms with Gasteiger partial charge in [0.15, 0.2) is 5.75 Å². The van der Waals surface area contributed by atoms with Crippen LogP contribution in [0.4, 0.5) is 0 Å². The minimum atomic E-state index is -1.07. The second-order valence-corrected chi connectivity index (χ2v) is 5.39. The molecule has 3 rings (SSSR count). The van der Waals surface area contributed by atoms with Gasteiger partial charge in [0.1, 0.15) is 5.75 Å². The maximum Gasteiger partial charge on any atom is 0.161 e. The van der Waals surface area contributed by atoms with Gasteiger partial charge in [0, 0.05) is 11.3 Å². The first-order valence-corrected chi connectivity index (χ1v) is 6.67. The van der Waals surface area contributed by atoms with Crippen molar-refractivity contribution in [3.8, 4) is 11.5 Å². The van der Waals surface area contributed by atoms with E-state index in [1.165, 1.54) is 0 Å². The Labute approximate surface area is 102 Å². The summed E-state index contributed by atoms with van der Waals surface area (Å²) in [5.74, 6) is 1.86. The summed E-state index contributed by atoms with van der Waals surface area (Å²) in [7, 11) is -1.07. The molecule has 4 heteroatoms. The second-order valence-electron chi connectivity index (χ2n) is 3.97. The normalized spacial score (nSPS) is 17.6. The molecule has 0 radical (unpaired) electrons. The maximum absolute atomic E-state index is 12.2. The summed E-state index contributed by atoms with van der Waals surface area (Å²) in [5, 5.41) is 0. The minimum absolute atomic E-state index is 0.493. The van der Waals surface area contributed by atoms with Crippen LogP contribution in [0.5, 0.6) is 11.5 Å². The molecular formula is C13H11NO2S. The summed E-state index contributed by atoms with van der Waals surface area (Å²) in [5.41, 5.74) is 1.83. The maximum atomic E-state index is 12.2. The lowest BCUT2D eigenvalue weighted by Crippen LogP contribution is -1.95. The van der Waals surface area contributed by atoms with Gasteiger partial charge >= 0.3 is 0 Å². The fraction of sp³-hybridized carbons (Fsp3) is 0.154. The highest BCUT2D eigenvalue weighted by Gasteiger charge is 2.20. The SMILES string of the molecule is Cc1cc2c(cn1)Oc1ccccc1CS2=O. The molecule has 2 aromatic rings. The van der Waals surface area contributed by atoms with Gasteiger partial charge in [-0.3, -0.25) is 9.19 Å². The average Bonchev–Trinajstić information content (AvgIpc) is 2.46. The lowest BCUT2D eigenvalue weighted by molar-refractivity contribution is 0.466. The third-order valence-corrected chi connectivity index (χ3v) is 4.08. The first-order valence-electron chi connectivity index (χ1n) is 5.35. The van der Waals surface area contributed by atoms with E-state index in [0.717, 1.165) is 21.9 Å². The molecule has 0 fully saturated rings. The van der Waals surface area contributed by atoms with Crippen molar-refractivity contribution >= 4 is 10.8 Å². The van der Waals surface area contributed by atoms with Gasteiger partial charge in [-0.05, 0) is 19.1 Å². The smallest absolute Gasteiger partial charge is 0.161 e. The predicted octanol–water partition coefficient (Wildman–Crippen LogP) is 2.80. The number of pyridine rings is 1. The summed E-state index contributed by atoms with van der Waals surface area (Å²) in [4.78, 5) is 4.91. The molecule has 0 bridgehead atoms. The van der Waals surface area contributed by atoms with E-state index in [1.807, 2.05) is 37.3 Å². The summed E-state index contributed by atoms with van der Waals surface area (Å²) in [6, 6.07) is 9.51. The molecule has 1 aromatic heterocycles. The topological polar surface area (TPSA) is 39.2 Å². The molecule has 1 unspecified atom stereocenters. The van der Waals surface area contributed by atoms with Crippen LogP contribution in [0, 0.1) is 6.92 Å². The molecule has 0 saturated carbocycles. The largest absolute Gasteiger partial charge is 0.454 e. The average molecular weight is 245 g/mol. The van der Waals surface area contributed by atoms with Gasteiger partial charge in [0.25, 0.3) is 0 Å². The van der Waals surface area contributed by atoms with Crippen LogP contribution < -0.4 is 4.74 Å². The van der Waals surface area contributed by atoms with Crippen molar-refractivity contribution in [1.29, 1.82) is 0 Å². The highest BCUT2D eigenvalue weighted by molar-refractivity contribution is 7.84. The van der Waals surface area contributed by atoms with Gasteiger partial charge in [0.2, 0.25) is 0 Å². The fourth-order valence-corrected chi connectivity index (χ4v) is 3.13. The van der Waals surface area contributed by atoms with Gasteiger partial charge in [0.05, 0.1) is 27.6 Å². The van der Waals surface area contributed by atoms with Crippen molar-refractivity contribution in [2.75, 3.05) is 0 Å². The number of hydrogen-bond donors (Lipinski definition) is 0. The van der Waals surface area contributed by atoms with E-state index in [9.17, 15) is 4.21 Å². The van der Waals surface area contributed by atoms with Crippen molar-refractivity contribution < 1.29 is 8.95 Å². The van der Waals surface area contributed by atoms with Crippen LogP contribution in [0.15, 0.2) is 41.4 Å². The van der Waals surface area contributed by atoms with Crippen molar-refractivity contribution in [2.45, 2.75) is 17.6 Å². The zero-order chi connectivity index (χ0) is 11.8. The third kappa shape index (κ3) is 1.85. The molecule has 86 valence electrons. The van der Waals surface area contributed by atoms with Crippen LogP contribution in [0.25, 0.3) is 0 Å². The molecule has 1 atom stereocenters. The van der Waals surface area contributed by atoms with Gasteiger partial charge < -0.3 is 4.74 Å². The highest BCUT2D eigenvalue weighted by Crippen LogP contribution is 2.35. The van der Waals surface area contributed by atoms with Crippen molar-refractivity contribution in [3.05, 3.63) is 47.8 Å². The van der Waals surface area contributed by atoms with Gasteiger partial charge in [-0.2, -0.15) is 0 Å².